The largest absolute Gasteiger partial charge is 0.478 e. The van der Waals surface area contributed by atoms with Gasteiger partial charge in [-0.15, -0.1) is 0 Å². The normalized spacial score (nSPS) is 14.5. The molecule has 1 aliphatic rings. The monoisotopic (exact) mass is 508 g/mol. The van der Waals surface area contributed by atoms with Crippen molar-refractivity contribution in [3.63, 3.8) is 0 Å². The molecule has 1 saturated heterocycles. The maximum absolute atomic E-state index is 13.2. The molecule has 33 heavy (non-hydrogen) atoms. The number of nitrogens with zero attached hydrogens (tertiary/aromatic N) is 3. The molecule has 0 amide bonds. The van der Waals surface area contributed by atoms with Gasteiger partial charge >= 0.3 is 6.18 Å². The minimum Gasteiger partial charge on any atom is -0.478 e. The van der Waals surface area contributed by atoms with Crippen LogP contribution in [-0.2, 0) is 16.2 Å². The molecular weight excluding hydrogens is 489 g/mol. The lowest BCUT2D eigenvalue weighted by Gasteiger charge is -2.19. The van der Waals surface area contributed by atoms with Crippen LogP contribution in [0.4, 0.5) is 24.7 Å². The molecule has 3 rings (SSSR count). The number of sulfonamides is 1. The Hall–Kier alpha value is -2.64. The smallest absolute Gasteiger partial charge is 0.416 e. The second-order valence-electron chi connectivity index (χ2n) is 7.22. The molecule has 9 nitrogen and oxygen atoms in total. The van der Waals surface area contributed by atoms with E-state index in [0.717, 1.165) is 43.2 Å². The summed E-state index contributed by atoms with van der Waals surface area (Å²) in [6, 6.07) is 4.80. The predicted octanol–water partition coefficient (Wildman–Crippen LogP) is 4.01. The summed E-state index contributed by atoms with van der Waals surface area (Å²) in [5.41, 5.74) is -1.32. The van der Waals surface area contributed by atoms with Crippen molar-refractivity contribution in [2.75, 3.05) is 31.1 Å². The highest BCUT2D eigenvalue weighted by atomic mass is 35.5. The van der Waals surface area contributed by atoms with Crippen molar-refractivity contribution in [1.82, 2.24) is 9.71 Å². The summed E-state index contributed by atoms with van der Waals surface area (Å²) in [5, 5.41) is 10.7. The molecule has 0 bridgehead atoms. The molecule has 1 aromatic carbocycles. The van der Waals surface area contributed by atoms with Gasteiger partial charge in [-0.2, -0.15) is 18.2 Å². The average molecular weight is 509 g/mol. The number of nitrogens with one attached hydrogen (secondary N) is 1. The maximum atomic E-state index is 13.2. The SMILES string of the molecule is O=[N+]([O-])c1ccc(Cl)c(S(=O)(=O)NCCCOc2cc(C(F)(F)F)cc(N3CCCC3)n2)c1. The van der Waals surface area contributed by atoms with Crippen molar-refractivity contribution in [3.05, 3.63) is 51.0 Å². The predicted molar refractivity (Wildman–Crippen MR) is 114 cm³/mol. The summed E-state index contributed by atoms with van der Waals surface area (Å²) in [5.74, 6) is -0.0327. The zero-order valence-electron chi connectivity index (χ0n) is 17.1. The van der Waals surface area contributed by atoms with E-state index in [1.807, 2.05) is 0 Å². The number of pyridine rings is 1. The Kier molecular flexibility index (Phi) is 7.65. The molecule has 0 aliphatic carbocycles. The van der Waals surface area contributed by atoms with Crippen LogP contribution in [0.3, 0.4) is 0 Å². The minimum atomic E-state index is -4.57. The first-order chi connectivity index (χ1) is 15.5. The van der Waals surface area contributed by atoms with Crippen molar-refractivity contribution in [1.29, 1.82) is 0 Å². The van der Waals surface area contributed by atoms with Gasteiger partial charge in [-0.1, -0.05) is 11.6 Å². The van der Waals surface area contributed by atoms with E-state index in [0.29, 0.717) is 13.1 Å². The summed E-state index contributed by atoms with van der Waals surface area (Å²) < 4.78 is 72.1. The first-order valence-electron chi connectivity index (χ1n) is 9.88. The van der Waals surface area contributed by atoms with Crippen molar-refractivity contribution in [2.45, 2.75) is 30.3 Å². The van der Waals surface area contributed by atoms with Gasteiger partial charge in [0.15, 0.2) is 0 Å². The van der Waals surface area contributed by atoms with Crippen LogP contribution < -0.4 is 14.4 Å². The Bertz CT molecular complexity index is 1120. The van der Waals surface area contributed by atoms with Crippen LogP contribution in [-0.4, -0.2) is 44.6 Å². The zero-order valence-corrected chi connectivity index (χ0v) is 18.7. The van der Waals surface area contributed by atoms with Crippen molar-refractivity contribution < 1.29 is 31.2 Å². The van der Waals surface area contributed by atoms with Crippen LogP contribution in [0.15, 0.2) is 35.2 Å². The molecule has 180 valence electrons. The zero-order chi connectivity index (χ0) is 24.2. The number of nitro groups is 1. The van der Waals surface area contributed by atoms with Crippen LogP contribution in [0.25, 0.3) is 0 Å². The van der Waals surface area contributed by atoms with Gasteiger partial charge in [-0.05, 0) is 31.4 Å². The second kappa shape index (κ2) is 10.1. The fraction of sp³-hybridized carbons (Fsp3) is 0.421. The van der Waals surface area contributed by atoms with Gasteiger partial charge < -0.3 is 9.64 Å². The molecule has 2 heterocycles. The van der Waals surface area contributed by atoms with Gasteiger partial charge in [0, 0.05) is 37.8 Å². The van der Waals surface area contributed by atoms with Gasteiger partial charge in [-0.3, -0.25) is 10.1 Å². The quantitative estimate of drug-likeness (QED) is 0.309. The summed E-state index contributed by atoms with van der Waals surface area (Å²) >= 11 is 5.86. The van der Waals surface area contributed by atoms with Crippen LogP contribution >= 0.6 is 11.6 Å². The molecule has 1 N–H and O–H groups in total. The molecule has 1 aliphatic heterocycles. The van der Waals surface area contributed by atoms with Crippen LogP contribution in [0.1, 0.15) is 24.8 Å². The Balaban J connectivity index is 1.61. The van der Waals surface area contributed by atoms with E-state index in [4.69, 9.17) is 16.3 Å². The molecular formula is C19H20ClF3N4O5S. The molecule has 14 heteroatoms. The van der Waals surface area contributed by atoms with Gasteiger partial charge in [0.1, 0.15) is 10.7 Å². The highest BCUT2D eigenvalue weighted by molar-refractivity contribution is 7.89. The van der Waals surface area contributed by atoms with Crippen LogP contribution in [0, 0.1) is 10.1 Å². The number of hydrogen-bond donors (Lipinski definition) is 1. The minimum absolute atomic E-state index is 0.0999. The average Bonchev–Trinajstić information content (AvgIpc) is 3.27. The Morgan fingerprint density at radius 3 is 2.55 bits per heavy atom. The van der Waals surface area contributed by atoms with Crippen LogP contribution in [0.5, 0.6) is 5.88 Å². The number of hydrogen-bond acceptors (Lipinski definition) is 7. The standard InChI is InChI=1S/C19H20ClF3N4O5S/c20-15-5-4-14(27(28)29)12-16(15)33(30,31)24-6-3-9-32-18-11-13(19(21,22)23)10-17(25-18)26-7-1-2-8-26/h4-5,10-12,24H,1-3,6-9H2. The Morgan fingerprint density at radius 2 is 1.91 bits per heavy atom. The Morgan fingerprint density at radius 1 is 1.21 bits per heavy atom. The summed E-state index contributed by atoms with van der Waals surface area (Å²) in [7, 11) is -4.15. The first kappa shape index (κ1) is 25.0. The lowest BCUT2D eigenvalue weighted by Crippen LogP contribution is -2.26. The van der Waals surface area contributed by atoms with E-state index in [1.54, 1.807) is 4.90 Å². The molecule has 0 atom stereocenters. The summed E-state index contributed by atoms with van der Waals surface area (Å²) in [6.45, 7) is 0.962. The lowest BCUT2D eigenvalue weighted by molar-refractivity contribution is -0.385. The third-order valence-corrected chi connectivity index (χ3v) is 6.77. The number of ether oxygens (including phenoxy) is 1. The highest BCUT2D eigenvalue weighted by Gasteiger charge is 2.33. The number of aromatic nitrogens is 1. The second-order valence-corrected chi connectivity index (χ2v) is 9.36. The van der Waals surface area contributed by atoms with Crippen molar-refractivity contribution in [3.8, 4) is 5.88 Å². The number of nitro benzene ring substituents is 1. The molecule has 0 unspecified atom stereocenters. The van der Waals surface area contributed by atoms with Crippen molar-refractivity contribution >= 4 is 33.1 Å². The fourth-order valence-corrected chi connectivity index (χ4v) is 4.77. The molecule has 0 spiro atoms. The number of anilines is 1. The van der Waals surface area contributed by atoms with E-state index in [9.17, 15) is 31.7 Å². The van der Waals surface area contributed by atoms with E-state index in [1.165, 1.54) is 0 Å². The summed E-state index contributed by atoms with van der Waals surface area (Å²) in [4.78, 5) is 15.6. The van der Waals surface area contributed by atoms with E-state index < -0.39 is 37.3 Å². The number of halogens is 4. The number of benzene rings is 1. The number of rotatable bonds is 9. The third-order valence-electron chi connectivity index (χ3n) is 4.82. The van der Waals surface area contributed by atoms with Gasteiger partial charge in [0.25, 0.3) is 5.69 Å². The molecule has 0 radical (unpaired) electrons. The van der Waals surface area contributed by atoms with E-state index >= 15 is 0 Å². The van der Waals surface area contributed by atoms with E-state index in [-0.39, 0.29) is 36.3 Å². The topological polar surface area (TPSA) is 115 Å². The van der Waals surface area contributed by atoms with Gasteiger partial charge in [0.05, 0.1) is 22.1 Å². The number of alkyl halides is 3. The first-order valence-corrected chi connectivity index (χ1v) is 11.7. The number of non-ortho nitro benzene ring substituents is 1. The highest BCUT2D eigenvalue weighted by Crippen LogP contribution is 2.34. The molecule has 1 fully saturated rings. The lowest BCUT2D eigenvalue weighted by atomic mass is 10.2. The molecule has 1 aromatic heterocycles. The fourth-order valence-electron chi connectivity index (χ4n) is 3.18. The van der Waals surface area contributed by atoms with E-state index in [2.05, 4.69) is 9.71 Å². The Labute approximate surface area is 192 Å². The third kappa shape index (κ3) is 6.45. The van der Waals surface area contributed by atoms with Gasteiger partial charge in [0.2, 0.25) is 15.9 Å². The summed E-state index contributed by atoms with van der Waals surface area (Å²) in [6.07, 6.45) is -2.74. The van der Waals surface area contributed by atoms with Gasteiger partial charge in [-0.25, -0.2) is 13.1 Å². The maximum Gasteiger partial charge on any atom is 0.416 e. The van der Waals surface area contributed by atoms with Crippen molar-refractivity contribution in [2.24, 2.45) is 0 Å². The molecule has 0 saturated carbocycles. The molecule has 2 aromatic rings. The van der Waals surface area contributed by atoms with Crippen LogP contribution in [0.2, 0.25) is 5.02 Å².